The van der Waals surface area contributed by atoms with Gasteiger partial charge in [0.15, 0.2) is 0 Å². The molecule has 0 aliphatic carbocycles. The van der Waals surface area contributed by atoms with Crippen LogP contribution in [-0.4, -0.2) is 61.5 Å². The Hall–Kier alpha value is -0.160. The molecule has 2 aliphatic rings. The van der Waals surface area contributed by atoms with Gasteiger partial charge < -0.3 is 20.1 Å². The summed E-state index contributed by atoms with van der Waals surface area (Å²) in [5.74, 6) is 0.488. The maximum atomic E-state index is 9.30. The van der Waals surface area contributed by atoms with Gasteiger partial charge in [0.05, 0.1) is 0 Å². The third kappa shape index (κ3) is 4.69. The molecule has 0 bridgehead atoms. The molecule has 0 spiro atoms. The maximum Gasteiger partial charge on any atom is 0.0472 e. The molecule has 0 radical (unpaired) electrons. The molecule has 4 heteroatoms. The molecule has 0 aromatic carbocycles. The van der Waals surface area contributed by atoms with Crippen LogP contribution in [0.25, 0.3) is 0 Å². The monoisotopic (exact) mass is 284 g/mol. The van der Waals surface area contributed by atoms with E-state index < -0.39 is 0 Å². The molecule has 2 heterocycles. The number of hydrogen-bond acceptors (Lipinski definition) is 4. The fraction of sp³-hybridized carbons (Fsp3) is 1.00. The first-order valence-electron chi connectivity index (χ1n) is 8.08. The zero-order chi connectivity index (χ0) is 14.6. The van der Waals surface area contributed by atoms with Crippen LogP contribution in [0, 0.1) is 11.3 Å². The summed E-state index contributed by atoms with van der Waals surface area (Å²) in [5, 5.41) is 13.0. The van der Waals surface area contributed by atoms with Gasteiger partial charge in [-0.15, -0.1) is 0 Å². The molecule has 0 aromatic rings. The highest BCUT2D eigenvalue weighted by atomic mass is 16.5. The molecule has 2 rings (SSSR count). The Morgan fingerprint density at radius 1 is 1.30 bits per heavy atom. The maximum absolute atomic E-state index is 9.30. The van der Waals surface area contributed by atoms with Gasteiger partial charge in [0.25, 0.3) is 0 Å². The number of nitrogens with zero attached hydrogens (tertiary/aromatic N) is 1. The molecule has 4 nitrogen and oxygen atoms in total. The lowest BCUT2D eigenvalue weighted by atomic mass is 9.79. The van der Waals surface area contributed by atoms with Crippen molar-refractivity contribution in [3.63, 3.8) is 0 Å². The Labute approximate surface area is 123 Å². The fourth-order valence-electron chi connectivity index (χ4n) is 3.33. The van der Waals surface area contributed by atoms with Crippen molar-refractivity contribution in [3.8, 4) is 0 Å². The predicted molar refractivity (Wildman–Crippen MR) is 81.9 cm³/mol. The normalized spacial score (nSPS) is 27.9. The van der Waals surface area contributed by atoms with Gasteiger partial charge >= 0.3 is 0 Å². The molecule has 20 heavy (non-hydrogen) atoms. The van der Waals surface area contributed by atoms with Crippen LogP contribution in [0.3, 0.4) is 0 Å². The molecule has 118 valence electrons. The zero-order valence-electron chi connectivity index (χ0n) is 13.5. The number of aliphatic hydroxyl groups is 1. The largest absolute Gasteiger partial charge is 0.396 e. The summed E-state index contributed by atoms with van der Waals surface area (Å²) in [6.07, 6.45) is 3.45. The van der Waals surface area contributed by atoms with Gasteiger partial charge in [0.2, 0.25) is 0 Å². The van der Waals surface area contributed by atoms with Gasteiger partial charge in [-0.1, -0.05) is 0 Å². The summed E-state index contributed by atoms with van der Waals surface area (Å²) < 4.78 is 5.58. The van der Waals surface area contributed by atoms with E-state index >= 15 is 0 Å². The van der Waals surface area contributed by atoms with Gasteiger partial charge in [-0.2, -0.15) is 0 Å². The standard InChI is InChI=1S/C16H32N2O2/c1-15(2,3)17-12-16(5-8-20-9-6-16)13-18-7-4-14(10-18)11-19/h14,17,19H,4-13H2,1-3H3. The van der Waals surface area contributed by atoms with E-state index in [1.54, 1.807) is 0 Å². The summed E-state index contributed by atoms with van der Waals surface area (Å²) in [6.45, 7) is 13.3. The molecule has 0 aromatic heterocycles. The summed E-state index contributed by atoms with van der Waals surface area (Å²) in [5.41, 5.74) is 0.514. The van der Waals surface area contributed by atoms with Crippen LogP contribution in [-0.2, 0) is 4.74 Å². The molecule has 0 saturated carbocycles. The highest BCUT2D eigenvalue weighted by Crippen LogP contribution is 2.33. The summed E-state index contributed by atoms with van der Waals surface area (Å²) in [7, 11) is 0. The number of ether oxygens (including phenoxy) is 1. The lowest BCUT2D eigenvalue weighted by Gasteiger charge is -2.42. The van der Waals surface area contributed by atoms with Gasteiger partial charge in [-0.25, -0.2) is 0 Å². The molecule has 2 saturated heterocycles. The Balaban J connectivity index is 1.92. The van der Waals surface area contributed by atoms with Crippen molar-refractivity contribution < 1.29 is 9.84 Å². The Bertz CT molecular complexity index is 295. The SMILES string of the molecule is CC(C)(C)NCC1(CN2CCC(CO)C2)CCOCC1. The van der Waals surface area contributed by atoms with E-state index in [9.17, 15) is 5.11 Å². The summed E-state index contributed by atoms with van der Waals surface area (Å²) in [6, 6.07) is 0. The van der Waals surface area contributed by atoms with Crippen molar-refractivity contribution in [2.24, 2.45) is 11.3 Å². The number of hydrogen-bond donors (Lipinski definition) is 2. The average Bonchev–Trinajstić information content (AvgIpc) is 2.84. The van der Waals surface area contributed by atoms with Crippen LogP contribution in [0.4, 0.5) is 0 Å². The minimum absolute atomic E-state index is 0.171. The zero-order valence-corrected chi connectivity index (χ0v) is 13.5. The van der Waals surface area contributed by atoms with Crippen LogP contribution < -0.4 is 5.32 Å². The summed E-state index contributed by atoms with van der Waals surface area (Å²) >= 11 is 0. The lowest BCUT2D eigenvalue weighted by Crippen LogP contribution is -2.50. The van der Waals surface area contributed by atoms with Crippen molar-refractivity contribution in [2.45, 2.75) is 45.6 Å². The molecular weight excluding hydrogens is 252 g/mol. The van der Waals surface area contributed by atoms with Crippen LogP contribution in [0.1, 0.15) is 40.0 Å². The first-order chi connectivity index (χ1) is 9.42. The number of nitrogens with one attached hydrogen (secondary N) is 1. The third-order valence-corrected chi connectivity index (χ3v) is 4.73. The fourth-order valence-corrected chi connectivity index (χ4v) is 3.33. The highest BCUT2D eigenvalue weighted by Gasteiger charge is 2.37. The van der Waals surface area contributed by atoms with Crippen molar-refractivity contribution in [2.75, 3.05) is 46.0 Å². The van der Waals surface area contributed by atoms with Gasteiger partial charge in [-0.05, 0) is 57.9 Å². The summed E-state index contributed by atoms with van der Waals surface area (Å²) in [4.78, 5) is 2.55. The smallest absolute Gasteiger partial charge is 0.0472 e. The number of aliphatic hydroxyl groups excluding tert-OH is 1. The third-order valence-electron chi connectivity index (χ3n) is 4.73. The van der Waals surface area contributed by atoms with E-state index in [1.807, 2.05) is 0 Å². The molecule has 0 amide bonds. The Kier molecular flexibility index (Phi) is 5.46. The second kappa shape index (κ2) is 6.73. The molecule has 1 unspecified atom stereocenters. The van der Waals surface area contributed by atoms with Crippen LogP contribution in [0.15, 0.2) is 0 Å². The van der Waals surface area contributed by atoms with E-state index in [4.69, 9.17) is 4.74 Å². The second-order valence-corrected chi connectivity index (χ2v) is 7.79. The van der Waals surface area contributed by atoms with E-state index in [0.717, 1.165) is 58.7 Å². The topological polar surface area (TPSA) is 44.7 Å². The van der Waals surface area contributed by atoms with Crippen molar-refractivity contribution >= 4 is 0 Å². The second-order valence-electron chi connectivity index (χ2n) is 7.79. The number of rotatable bonds is 5. The highest BCUT2D eigenvalue weighted by molar-refractivity contribution is 4.91. The molecule has 1 atom stereocenters. The molecule has 2 aliphatic heterocycles. The van der Waals surface area contributed by atoms with E-state index in [1.165, 1.54) is 0 Å². The Morgan fingerprint density at radius 3 is 2.55 bits per heavy atom. The first kappa shape index (κ1) is 16.2. The van der Waals surface area contributed by atoms with E-state index in [-0.39, 0.29) is 5.54 Å². The van der Waals surface area contributed by atoms with E-state index in [2.05, 4.69) is 31.0 Å². The van der Waals surface area contributed by atoms with Crippen molar-refractivity contribution in [3.05, 3.63) is 0 Å². The number of likely N-dealkylation sites (tertiary alicyclic amines) is 1. The van der Waals surface area contributed by atoms with Crippen LogP contribution >= 0.6 is 0 Å². The minimum atomic E-state index is 0.171. The van der Waals surface area contributed by atoms with Crippen molar-refractivity contribution in [1.29, 1.82) is 0 Å². The van der Waals surface area contributed by atoms with E-state index in [0.29, 0.717) is 17.9 Å². The van der Waals surface area contributed by atoms with Gasteiger partial charge in [0, 0.05) is 45.0 Å². The van der Waals surface area contributed by atoms with Crippen LogP contribution in [0.2, 0.25) is 0 Å². The quantitative estimate of drug-likeness (QED) is 0.803. The van der Waals surface area contributed by atoms with Crippen LogP contribution in [0.5, 0.6) is 0 Å². The average molecular weight is 284 g/mol. The van der Waals surface area contributed by atoms with Gasteiger partial charge in [0.1, 0.15) is 0 Å². The predicted octanol–water partition coefficient (Wildman–Crippen LogP) is 1.49. The van der Waals surface area contributed by atoms with Gasteiger partial charge in [-0.3, -0.25) is 0 Å². The lowest BCUT2D eigenvalue weighted by molar-refractivity contribution is -0.00448. The first-order valence-corrected chi connectivity index (χ1v) is 8.08. The van der Waals surface area contributed by atoms with Crippen molar-refractivity contribution in [1.82, 2.24) is 10.2 Å². The molecule has 2 N–H and O–H groups in total. The minimum Gasteiger partial charge on any atom is -0.396 e. The molecular formula is C16H32N2O2. The molecule has 2 fully saturated rings. The Morgan fingerprint density at radius 2 is 2.00 bits per heavy atom.